The van der Waals surface area contributed by atoms with Crippen molar-refractivity contribution in [1.82, 2.24) is 5.32 Å². The van der Waals surface area contributed by atoms with E-state index in [1.165, 1.54) is 34.8 Å². The lowest BCUT2D eigenvalue weighted by Crippen LogP contribution is -2.47. The Balaban J connectivity index is 1.71. The maximum atomic E-state index is 13.7. The molecule has 6 heteroatoms. The number of benzene rings is 2. The molecule has 1 atom stereocenters. The van der Waals surface area contributed by atoms with Gasteiger partial charge in [0.2, 0.25) is 11.8 Å². The van der Waals surface area contributed by atoms with E-state index in [2.05, 4.69) is 5.32 Å². The molecule has 2 aromatic carbocycles. The van der Waals surface area contributed by atoms with Crippen molar-refractivity contribution in [1.29, 1.82) is 0 Å². The third kappa shape index (κ3) is 5.43. The first-order chi connectivity index (χ1) is 15.6. The summed E-state index contributed by atoms with van der Waals surface area (Å²) >= 11 is 1.53. The van der Waals surface area contributed by atoms with E-state index < -0.39 is 6.04 Å². The number of carbonyl (C=O) groups excluding carboxylic acids is 2. The molecule has 4 rings (SSSR count). The summed E-state index contributed by atoms with van der Waals surface area (Å²) in [5, 5.41) is 7.04. The summed E-state index contributed by atoms with van der Waals surface area (Å²) < 4.78 is 13.7. The Bertz CT molecular complexity index is 1020. The van der Waals surface area contributed by atoms with Crippen molar-refractivity contribution in [3.05, 3.63) is 88.4 Å². The minimum absolute atomic E-state index is 0.115. The summed E-state index contributed by atoms with van der Waals surface area (Å²) in [6.07, 6.45) is 5.45. The minimum Gasteiger partial charge on any atom is -0.351 e. The van der Waals surface area contributed by atoms with E-state index in [0.717, 1.165) is 36.8 Å². The topological polar surface area (TPSA) is 49.4 Å². The van der Waals surface area contributed by atoms with Crippen LogP contribution in [0.5, 0.6) is 0 Å². The molecule has 0 bridgehead atoms. The monoisotopic (exact) mass is 450 g/mol. The molecule has 4 nitrogen and oxygen atoms in total. The van der Waals surface area contributed by atoms with Gasteiger partial charge >= 0.3 is 0 Å². The van der Waals surface area contributed by atoms with Gasteiger partial charge in [-0.3, -0.25) is 14.5 Å². The molecule has 1 fully saturated rings. The number of carbonyl (C=O) groups is 2. The van der Waals surface area contributed by atoms with Crippen LogP contribution in [0, 0.1) is 5.82 Å². The molecule has 3 aromatic rings. The number of rotatable bonds is 7. The average molecular weight is 451 g/mol. The zero-order valence-electron chi connectivity index (χ0n) is 17.9. The smallest absolute Gasteiger partial charge is 0.248 e. The fourth-order valence-corrected chi connectivity index (χ4v) is 4.94. The number of nitrogens with one attached hydrogen (secondary N) is 1. The Morgan fingerprint density at radius 1 is 1.00 bits per heavy atom. The van der Waals surface area contributed by atoms with Crippen molar-refractivity contribution in [3.63, 3.8) is 0 Å². The second-order valence-electron chi connectivity index (χ2n) is 8.21. The van der Waals surface area contributed by atoms with Crippen molar-refractivity contribution < 1.29 is 14.0 Å². The van der Waals surface area contributed by atoms with E-state index in [-0.39, 0.29) is 30.1 Å². The quantitative estimate of drug-likeness (QED) is 0.505. The molecule has 1 aliphatic carbocycles. The van der Waals surface area contributed by atoms with Gasteiger partial charge in [-0.15, -0.1) is 0 Å². The Morgan fingerprint density at radius 2 is 1.72 bits per heavy atom. The lowest BCUT2D eigenvalue weighted by atomic mass is 9.94. The largest absolute Gasteiger partial charge is 0.351 e. The van der Waals surface area contributed by atoms with Crippen LogP contribution < -0.4 is 10.2 Å². The molecule has 32 heavy (non-hydrogen) atoms. The predicted molar refractivity (Wildman–Crippen MR) is 126 cm³/mol. The molecule has 1 heterocycles. The second kappa shape index (κ2) is 10.6. The summed E-state index contributed by atoms with van der Waals surface area (Å²) in [6, 6.07) is 16.3. The standard InChI is InChI=1S/C26H27FN2O2S/c27-21-11-13-23(14-12-21)29(24(30)17-19-15-16-32-18-19)25(20-7-3-1-4-8-20)26(31)28-22-9-5-2-6-10-22/h1,3-4,7-8,11-16,18,22,25H,2,5-6,9-10,17H2,(H,28,31)/t25-/m1/s1. The minimum atomic E-state index is -0.838. The summed E-state index contributed by atoms with van der Waals surface area (Å²) in [6.45, 7) is 0. The first-order valence-electron chi connectivity index (χ1n) is 11.1. The number of thiophene rings is 1. The lowest BCUT2D eigenvalue weighted by molar-refractivity contribution is -0.127. The summed E-state index contributed by atoms with van der Waals surface area (Å²) in [5.74, 6) is -0.796. The van der Waals surface area contributed by atoms with E-state index in [1.807, 2.05) is 47.2 Å². The van der Waals surface area contributed by atoms with Crippen LogP contribution >= 0.6 is 11.3 Å². The second-order valence-corrected chi connectivity index (χ2v) is 8.99. The van der Waals surface area contributed by atoms with Crippen LogP contribution in [0.1, 0.15) is 49.3 Å². The van der Waals surface area contributed by atoms with Gasteiger partial charge < -0.3 is 5.32 Å². The Kier molecular flexibility index (Phi) is 7.32. The highest BCUT2D eigenvalue weighted by Gasteiger charge is 2.34. The fourth-order valence-electron chi connectivity index (χ4n) is 4.27. The zero-order valence-corrected chi connectivity index (χ0v) is 18.7. The maximum Gasteiger partial charge on any atom is 0.248 e. The molecule has 2 amide bonds. The average Bonchev–Trinajstić information content (AvgIpc) is 3.32. The SMILES string of the molecule is O=C(NC1CCCCC1)[C@@H](c1ccccc1)N(C(=O)Cc1ccsc1)c1ccc(F)cc1. The van der Waals surface area contributed by atoms with Gasteiger partial charge in [0.15, 0.2) is 0 Å². The fraction of sp³-hybridized carbons (Fsp3) is 0.308. The van der Waals surface area contributed by atoms with Crippen LogP contribution in [0.4, 0.5) is 10.1 Å². The molecular weight excluding hydrogens is 423 g/mol. The van der Waals surface area contributed by atoms with Crippen LogP contribution in [-0.4, -0.2) is 17.9 Å². The van der Waals surface area contributed by atoms with Gasteiger partial charge in [-0.1, -0.05) is 49.6 Å². The third-order valence-electron chi connectivity index (χ3n) is 5.88. The van der Waals surface area contributed by atoms with Gasteiger partial charge in [-0.25, -0.2) is 4.39 Å². The van der Waals surface area contributed by atoms with Gasteiger partial charge in [0, 0.05) is 11.7 Å². The first-order valence-corrected chi connectivity index (χ1v) is 12.0. The van der Waals surface area contributed by atoms with E-state index in [9.17, 15) is 14.0 Å². The molecule has 166 valence electrons. The molecule has 1 aromatic heterocycles. The van der Waals surface area contributed by atoms with Crippen molar-refractivity contribution in [2.45, 2.75) is 50.6 Å². The number of nitrogens with zero attached hydrogens (tertiary/aromatic N) is 1. The van der Waals surface area contributed by atoms with Gasteiger partial charge in [-0.2, -0.15) is 11.3 Å². The first kappa shape index (κ1) is 22.2. The zero-order chi connectivity index (χ0) is 22.3. The molecule has 1 saturated carbocycles. The molecule has 0 unspecified atom stereocenters. The number of anilines is 1. The molecule has 0 spiro atoms. The summed E-state index contributed by atoms with van der Waals surface area (Å²) in [7, 11) is 0. The Hall–Kier alpha value is -2.99. The molecule has 1 aliphatic rings. The van der Waals surface area contributed by atoms with E-state index >= 15 is 0 Å². The lowest BCUT2D eigenvalue weighted by Gasteiger charge is -2.33. The van der Waals surface area contributed by atoms with Crippen LogP contribution in [0.3, 0.4) is 0 Å². The van der Waals surface area contributed by atoms with E-state index in [1.54, 1.807) is 12.1 Å². The molecule has 0 aliphatic heterocycles. The highest BCUT2D eigenvalue weighted by atomic mass is 32.1. The number of halogens is 1. The predicted octanol–water partition coefficient (Wildman–Crippen LogP) is 5.65. The van der Waals surface area contributed by atoms with E-state index in [0.29, 0.717) is 5.69 Å². The van der Waals surface area contributed by atoms with Crippen molar-refractivity contribution >= 4 is 28.8 Å². The molecule has 0 radical (unpaired) electrons. The van der Waals surface area contributed by atoms with Crippen molar-refractivity contribution in [2.75, 3.05) is 4.90 Å². The highest BCUT2D eigenvalue weighted by molar-refractivity contribution is 7.08. The summed E-state index contributed by atoms with van der Waals surface area (Å²) in [4.78, 5) is 28.7. The molecule has 0 saturated heterocycles. The van der Waals surface area contributed by atoms with Gasteiger partial charge in [0.25, 0.3) is 0 Å². The highest BCUT2D eigenvalue weighted by Crippen LogP contribution is 2.30. The van der Waals surface area contributed by atoms with Crippen LogP contribution in [0.2, 0.25) is 0 Å². The maximum absolute atomic E-state index is 13.7. The summed E-state index contributed by atoms with van der Waals surface area (Å²) in [5.41, 5.74) is 2.12. The Morgan fingerprint density at radius 3 is 2.38 bits per heavy atom. The normalized spacial score (nSPS) is 15.2. The van der Waals surface area contributed by atoms with Crippen LogP contribution in [-0.2, 0) is 16.0 Å². The molecular formula is C26H27FN2O2S. The Labute approximate surface area is 192 Å². The van der Waals surface area contributed by atoms with Crippen molar-refractivity contribution in [3.8, 4) is 0 Å². The van der Waals surface area contributed by atoms with Crippen LogP contribution in [0.15, 0.2) is 71.4 Å². The molecule has 1 N–H and O–H groups in total. The van der Waals surface area contributed by atoms with Gasteiger partial charge in [-0.05, 0) is 65.1 Å². The number of hydrogen-bond donors (Lipinski definition) is 1. The van der Waals surface area contributed by atoms with Crippen LogP contribution in [0.25, 0.3) is 0 Å². The number of hydrogen-bond acceptors (Lipinski definition) is 3. The van der Waals surface area contributed by atoms with Gasteiger partial charge in [0.1, 0.15) is 11.9 Å². The number of amides is 2. The van der Waals surface area contributed by atoms with E-state index in [4.69, 9.17) is 0 Å². The van der Waals surface area contributed by atoms with Crippen molar-refractivity contribution in [2.24, 2.45) is 0 Å². The third-order valence-corrected chi connectivity index (χ3v) is 6.61. The van der Waals surface area contributed by atoms with Gasteiger partial charge in [0.05, 0.1) is 6.42 Å².